The maximum Gasteiger partial charge on any atom is 0.257 e. The highest BCUT2D eigenvalue weighted by Crippen LogP contribution is 2.17. The number of carbonyl (C=O) groups is 2. The van der Waals surface area contributed by atoms with Gasteiger partial charge in [0.25, 0.3) is 11.8 Å². The lowest BCUT2D eigenvalue weighted by Gasteiger charge is -2.34. The number of ether oxygens (including phenoxy) is 1. The third kappa shape index (κ3) is 3.66. The lowest BCUT2D eigenvalue weighted by molar-refractivity contribution is 0.0535. The minimum atomic E-state index is -0.100. The van der Waals surface area contributed by atoms with Gasteiger partial charge in [-0.2, -0.15) is 0 Å². The fourth-order valence-electron chi connectivity index (χ4n) is 2.83. The van der Waals surface area contributed by atoms with Crippen LogP contribution >= 0.6 is 0 Å². The van der Waals surface area contributed by atoms with Crippen LogP contribution in [0.5, 0.6) is 5.75 Å². The highest BCUT2D eigenvalue weighted by atomic mass is 16.5. The largest absolute Gasteiger partial charge is 0.497 e. The van der Waals surface area contributed by atoms with Crippen LogP contribution in [0.25, 0.3) is 0 Å². The molecular formula is C18H21N3O4. The molecule has 0 unspecified atom stereocenters. The Morgan fingerprint density at radius 3 is 2.28 bits per heavy atom. The Hall–Kier alpha value is -2.80. The van der Waals surface area contributed by atoms with Crippen molar-refractivity contribution < 1.29 is 18.7 Å². The summed E-state index contributed by atoms with van der Waals surface area (Å²) in [6.07, 6.45) is 1.43. The molecule has 132 valence electrons. The van der Waals surface area contributed by atoms with Crippen molar-refractivity contribution in [2.45, 2.75) is 6.54 Å². The molecule has 25 heavy (non-hydrogen) atoms. The number of furan rings is 1. The Balaban J connectivity index is 1.61. The number of hydrogen-bond acceptors (Lipinski definition) is 5. The summed E-state index contributed by atoms with van der Waals surface area (Å²) in [6, 6.07) is 8.74. The van der Waals surface area contributed by atoms with Crippen molar-refractivity contribution in [2.24, 2.45) is 5.73 Å². The SMILES string of the molecule is COc1cccc(C(=O)N2CCN(C(=O)c3coc(CN)c3)CC2)c1. The molecule has 0 radical (unpaired) electrons. The van der Waals surface area contributed by atoms with Crippen LogP contribution < -0.4 is 10.5 Å². The van der Waals surface area contributed by atoms with Gasteiger partial charge < -0.3 is 24.7 Å². The third-order valence-electron chi connectivity index (χ3n) is 4.27. The Labute approximate surface area is 145 Å². The van der Waals surface area contributed by atoms with Gasteiger partial charge in [-0.1, -0.05) is 6.07 Å². The Bertz CT molecular complexity index is 763. The van der Waals surface area contributed by atoms with Crippen LogP contribution in [0.4, 0.5) is 0 Å². The van der Waals surface area contributed by atoms with E-state index in [-0.39, 0.29) is 18.4 Å². The normalized spacial score (nSPS) is 14.5. The lowest BCUT2D eigenvalue weighted by Crippen LogP contribution is -2.50. The molecule has 0 atom stereocenters. The molecule has 1 aliphatic rings. The monoisotopic (exact) mass is 343 g/mol. The van der Waals surface area contributed by atoms with Gasteiger partial charge in [0.05, 0.1) is 19.2 Å². The molecule has 2 N–H and O–H groups in total. The first-order valence-corrected chi connectivity index (χ1v) is 8.12. The van der Waals surface area contributed by atoms with Gasteiger partial charge in [0.2, 0.25) is 0 Å². The zero-order valence-corrected chi connectivity index (χ0v) is 14.1. The van der Waals surface area contributed by atoms with E-state index in [9.17, 15) is 9.59 Å². The second kappa shape index (κ2) is 7.40. The first-order valence-electron chi connectivity index (χ1n) is 8.12. The Morgan fingerprint density at radius 2 is 1.72 bits per heavy atom. The van der Waals surface area contributed by atoms with Crippen LogP contribution in [-0.4, -0.2) is 54.9 Å². The van der Waals surface area contributed by atoms with E-state index >= 15 is 0 Å². The highest BCUT2D eigenvalue weighted by Gasteiger charge is 2.26. The maximum absolute atomic E-state index is 12.6. The van der Waals surface area contributed by atoms with E-state index in [1.165, 1.54) is 6.26 Å². The molecule has 7 heteroatoms. The molecule has 7 nitrogen and oxygen atoms in total. The first-order chi connectivity index (χ1) is 12.1. The molecular weight excluding hydrogens is 322 g/mol. The standard InChI is InChI=1S/C18H21N3O4/c1-24-15-4-2-3-13(9-15)17(22)20-5-7-21(8-6-20)18(23)14-10-16(11-19)25-12-14/h2-4,9-10,12H,5-8,11,19H2,1H3. The first kappa shape index (κ1) is 17.0. The molecule has 0 bridgehead atoms. The van der Waals surface area contributed by atoms with E-state index in [0.717, 1.165) is 0 Å². The molecule has 2 amide bonds. The molecule has 1 aromatic carbocycles. The summed E-state index contributed by atoms with van der Waals surface area (Å²) in [6.45, 7) is 2.21. The van der Waals surface area contributed by atoms with Crippen molar-refractivity contribution in [2.75, 3.05) is 33.3 Å². The number of piperazine rings is 1. The average molecular weight is 343 g/mol. The molecule has 1 saturated heterocycles. The number of methoxy groups -OCH3 is 1. The van der Waals surface area contributed by atoms with Gasteiger partial charge in [-0.15, -0.1) is 0 Å². The number of nitrogens with zero attached hydrogens (tertiary/aromatic N) is 2. The summed E-state index contributed by atoms with van der Waals surface area (Å²) in [7, 11) is 1.57. The van der Waals surface area contributed by atoms with Crippen LogP contribution in [0.15, 0.2) is 41.0 Å². The molecule has 1 aliphatic heterocycles. The van der Waals surface area contributed by atoms with Gasteiger partial charge in [0.15, 0.2) is 0 Å². The summed E-state index contributed by atoms with van der Waals surface area (Å²) in [5.41, 5.74) is 6.58. The van der Waals surface area contributed by atoms with E-state index in [0.29, 0.717) is 48.8 Å². The van der Waals surface area contributed by atoms with Crippen LogP contribution in [0.2, 0.25) is 0 Å². The average Bonchev–Trinajstić information content (AvgIpc) is 3.16. The Kier molecular flexibility index (Phi) is 5.04. The number of nitrogens with two attached hydrogens (primary N) is 1. The smallest absolute Gasteiger partial charge is 0.257 e. The number of benzene rings is 1. The molecule has 0 spiro atoms. The van der Waals surface area contributed by atoms with Crippen molar-refractivity contribution in [1.82, 2.24) is 9.80 Å². The number of carbonyl (C=O) groups excluding carboxylic acids is 2. The van der Waals surface area contributed by atoms with Gasteiger partial charge in [0.1, 0.15) is 17.8 Å². The van der Waals surface area contributed by atoms with E-state index in [4.69, 9.17) is 14.9 Å². The lowest BCUT2D eigenvalue weighted by atomic mass is 10.1. The van der Waals surface area contributed by atoms with Crippen LogP contribution in [-0.2, 0) is 6.54 Å². The van der Waals surface area contributed by atoms with Gasteiger partial charge in [-0.25, -0.2) is 0 Å². The minimum Gasteiger partial charge on any atom is -0.497 e. The highest BCUT2D eigenvalue weighted by molar-refractivity contribution is 5.96. The predicted octanol–water partition coefficient (Wildman–Crippen LogP) is 1.35. The predicted molar refractivity (Wildman–Crippen MR) is 91.4 cm³/mol. The number of amides is 2. The second-order valence-electron chi connectivity index (χ2n) is 5.82. The summed E-state index contributed by atoms with van der Waals surface area (Å²) in [5.74, 6) is 1.07. The number of rotatable bonds is 4. The van der Waals surface area contributed by atoms with Crippen molar-refractivity contribution in [3.05, 3.63) is 53.5 Å². The van der Waals surface area contributed by atoms with Gasteiger partial charge in [-0.05, 0) is 24.3 Å². The number of hydrogen-bond donors (Lipinski definition) is 1. The van der Waals surface area contributed by atoms with E-state index in [1.54, 1.807) is 47.2 Å². The maximum atomic E-state index is 12.6. The molecule has 0 saturated carbocycles. The van der Waals surface area contributed by atoms with Gasteiger partial charge in [-0.3, -0.25) is 9.59 Å². The van der Waals surface area contributed by atoms with Crippen molar-refractivity contribution in [3.63, 3.8) is 0 Å². The molecule has 3 rings (SSSR count). The van der Waals surface area contributed by atoms with Gasteiger partial charge >= 0.3 is 0 Å². The van der Waals surface area contributed by atoms with Crippen molar-refractivity contribution in [3.8, 4) is 5.75 Å². The molecule has 2 heterocycles. The third-order valence-corrected chi connectivity index (χ3v) is 4.27. The zero-order valence-electron chi connectivity index (χ0n) is 14.1. The second-order valence-corrected chi connectivity index (χ2v) is 5.82. The summed E-state index contributed by atoms with van der Waals surface area (Å²) in [4.78, 5) is 28.5. The fourth-order valence-corrected chi connectivity index (χ4v) is 2.83. The summed E-state index contributed by atoms with van der Waals surface area (Å²) >= 11 is 0. The fraction of sp³-hybridized carbons (Fsp3) is 0.333. The van der Waals surface area contributed by atoms with E-state index in [2.05, 4.69) is 0 Å². The molecule has 1 fully saturated rings. The van der Waals surface area contributed by atoms with E-state index in [1.807, 2.05) is 0 Å². The Morgan fingerprint density at radius 1 is 1.08 bits per heavy atom. The zero-order chi connectivity index (χ0) is 17.8. The van der Waals surface area contributed by atoms with Crippen molar-refractivity contribution >= 4 is 11.8 Å². The molecule has 0 aliphatic carbocycles. The molecule has 2 aromatic rings. The minimum absolute atomic E-state index is 0.0558. The van der Waals surface area contributed by atoms with Gasteiger partial charge in [0, 0.05) is 31.7 Å². The van der Waals surface area contributed by atoms with Crippen molar-refractivity contribution in [1.29, 1.82) is 0 Å². The van der Waals surface area contributed by atoms with E-state index < -0.39 is 0 Å². The quantitative estimate of drug-likeness (QED) is 0.905. The summed E-state index contributed by atoms with van der Waals surface area (Å²) in [5, 5.41) is 0. The van der Waals surface area contributed by atoms with Crippen LogP contribution in [0, 0.1) is 0 Å². The summed E-state index contributed by atoms with van der Waals surface area (Å²) < 4.78 is 10.4. The topological polar surface area (TPSA) is 89.0 Å². The van der Waals surface area contributed by atoms with Crippen LogP contribution in [0.3, 0.4) is 0 Å². The molecule has 1 aromatic heterocycles. The van der Waals surface area contributed by atoms with Crippen LogP contribution in [0.1, 0.15) is 26.5 Å².